The van der Waals surface area contributed by atoms with E-state index >= 15 is 0 Å². The summed E-state index contributed by atoms with van der Waals surface area (Å²) in [7, 11) is 0. The van der Waals surface area contributed by atoms with Crippen molar-refractivity contribution in [1.29, 1.82) is 0 Å². The zero-order valence-electron chi connectivity index (χ0n) is 13.7. The molecule has 0 aliphatic carbocycles. The van der Waals surface area contributed by atoms with Crippen molar-refractivity contribution in [3.8, 4) is 5.75 Å². The largest absolute Gasteiger partial charge is 0.490 e. The molecular formula is C20H22N2O2. The molecule has 0 saturated carbocycles. The number of carbonyl (C=O) groups excluding carboxylic acids is 1. The third-order valence-corrected chi connectivity index (χ3v) is 4.14. The number of ether oxygens (including phenoxy) is 1. The van der Waals surface area contributed by atoms with Crippen molar-refractivity contribution in [3.63, 3.8) is 0 Å². The number of benzene rings is 2. The smallest absolute Gasteiger partial charge is 0.254 e. The molecule has 4 nitrogen and oxygen atoms in total. The lowest BCUT2D eigenvalue weighted by atomic mass is 10.1. The lowest BCUT2D eigenvalue weighted by molar-refractivity contribution is 0.0746. The van der Waals surface area contributed by atoms with Crippen molar-refractivity contribution in [2.45, 2.75) is 0 Å². The van der Waals surface area contributed by atoms with Gasteiger partial charge in [-0.3, -0.25) is 4.79 Å². The fourth-order valence-electron chi connectivity index (χ4n) is 2.86. The van der Waals surface area contributed by atoms with Crippen LogP contribution in [0.1, 0.15) is 10.4 Å². The summed E-state index contributed by atoms with van der Waals surface area (Å²) < 4.78 is 5.51. The first-order valence-electron chi connectivity index (χ1n) is 8.21. The van der Waals surface area contributed by atoms with Crippen molar-refractivity contribution in [2.75, 3.05) is 37.7 Å². The summed E-state index contributed by atoms with van der Waals surface area (Å²) in [4.78, 5) is 16.9. The zero-order chi connectivity index (χ0) is 16.8. The van der Waals surface area contributed by atoms with Gasteiger partial charge in [0.1, 0.15) is 12.4 Å². The molecule has 1 fully saturated rings. The molecule has 0 bridgehead atoms. The van der Waals surface area contributed by atoms with Crippen LogP contribution in [0.4, 0.5) is 5.69 Å². The van der Waals surface area contributed by atoms with Crippen LogP contribution in [0.2, 0.25) is 0 Å². The molecule has 0 N–H and O–H groups in total. The first-order chi connectivity index (χ1) is 11.8. The van der Waals surface area contributed by atoms with Crippen LogP contribution in [-0.2, 0) is 0 Å². The van der Waals surface area contributed by atoms with Crippen LogP contribution in [0.3, 0.4) is 0 Å². The highest BCUT2D eigenvalue weighted by Gasteiger charge is 2.22. The van der Waals surface area contributed by atoms with Gasteiger partial charge in [-0.1, -0.05) is 36.9 Å². The third-order valence-electron chi connectivity index (χ3n) is 4.14. The Morgan fingerprint density at radius 3 is 2.50 bits per heavy atom. The molecule has 1 aliphatic rings. The molecule has 2 aromatic carbocycles. The maximum absolute atomic E-state index is 12.7. The van der Waals surface area contributed by atoms with Crippen LogP contribution in [0.15, 0.2) is 67.3 Å². The molecule has 0 spiro atoms. The molecule has 1 saturated heterocycles. The van der Waals surface area contributed by atoms with E-state index in [0.29, 0.717) is 17.9 Å². The van der Waals surface area contributed by atoms with E-state index in [0.717, 1.165) is 26.2 Å². The summed E-state index contributed by atoms with van der Waals surface area (Å²) in [5, 5.41) is 0. The summed E-state index contributed by atoms with van der Waals surface area (Å²) in [5.41, 5.74) is 1.88. The van der Waals surface area contributed by atoms with E-state index in [-0.39, 0.29) is 5.91 Å². The molecule has 0 aromatic heterocycles. The Bertz CT molecular complexity index is 692. The van der Waals surface area contributed by atoms with E-state index < -0.39 is 0 Å². The number of amides is 1. The predicted molar refractivity (Wildman–Crippen MR) is 96.7 cm³/mol. The fourth-order valence-corrected chi connectivity index (χ4v) is 2.86. The van der Waals surface area contributed by atoms with Gasteiger partial charge < -0.3 is 14.5 Å². The molecule has 24 heavy (non-hydrogen) atoms. The highest BCUT2D eigenvalue weighted by molar-refractivity contribution is 5.94. The van der Waals surface area contributed by atoms with Crippen LogP contribution in [-0.4, -0.2) is 43.6 Å². The summed E-state index contributed by atoms with van der Waals surface area (Å²) in [5.74, 6) is 0.760. The second-order valence-corrected chi connectivity index (χ2v) is 5.74. The van der Waals surface area contributed by atoms with Gasteiger partial charge in [-0.15, -0.1) is 0 Å². The Labute approximate surface area is 143 Å². The second kappa shape index (κ2) is 7.68. The third kappa shape index (κ3) is 3.77. The molecule has 0 unspecified atom stereocenters. The monoisotopic (exact) mass is 322 g/mol. The zero-order valence-corrected chi connectivity index (χ0v) is 13.7. The van der Waals surface area contributed by atoms with Gasteiger partial charge in [0.2, 0.25) is 0 Å². The molecule has 4 heteroatoms. The van der Waals surface area contributed by atoms with Crippen LogP contribution in [0, 0.1) is 0 Å². The quantitative estimate of drug-likeness (QED) is 0.793. The lowest BCUT2D eigenvalue weighted by Gasteiger charge is -2.36. The topological polar surface area (TPSA) is 32.8 Å². The molecule has 2 aromatic rings. The maximum Gasteiger partial charge on any atom is 0.254 e. The van der Waals surface area contributed by atoms with Crippen LogP contribution in [0.25, 0.3) is 0 Å². The lowest BCUT2D eigenvalue weighted by Crippen LogP contribution is -2.48. The Morgan fingerprint density at radius 1 is 1.04 bits per heavy atom. The molecule has 124 valence electrons. The van der Waals surface area contributed by atoms with E-state index in [9.17, 15) is 4.79 Å². The average Bonchev–Trinajstić information content (AvgIpc) is 2.67. The average molecular weight is 322 g/mol. The molecule has 1 heterocycles. The van der Waals surface area contributed by atoms with E-state index in [2.05, 4.69) is 23.6 Å². The van der Waals surface area contributed by atoms with Crippen molar-refractivity contribution < 1.29 is 9.53 Å². The minimum Gasteiger partial charge on any atom is -0.490 e. The molecule has 1 aliphatic heterocycles. The second-order valence-electron chi connectivity index (χ2n) is 5.74. The molecule has 0 atom stereocenters. The Morgan fingerprint density at radius 2 is 1.79 bits per heavy atom. The number of anilines is 1. The van der Waals surface area contributed by atoms with Crippen molar-refractivity contribution in [1.82, 2.24) is 4.90 Å². The highest BCUT2D eigenvalue weighted by atomic mass is 16.5. The predicted octanol–water partition coefficient (Wildman–Crippen LogP) is 3.21. The Hall–Kier alpha value is -2.75. The van der Waals surface area contributed by atoms with Gasteiger partial charge in [-0.25, -0.2) is 0 Å². The molecular weight excluding hydrogens is 300 g/mol. The van der Waals surface area contributed by atoms with Gasteiger partial charge in [0, 0.05) is 37.4 Å². The van der Waals surface area contributed by atoms with Gasteiger partial charge in [-0.2, -0.15) is 0 Å². The first-order valence-corrected chi connectivity index (χ1v) is 8.21. The summed E-state index contributed by atoms with van der Waals surface area (Å²) in [6, 6.07) is 17.7. The van der Waals surface area contributed by atoms with Gasteiger partial charge >= 0.3 is 0 Å². The molecule has 3 rings (SSSR count). The highest BCUT2D eigenvalue weighted by Crippen LogP contribution is 2.19. The fraction of sp³-hybridized carbons (Fsp3) is 0.250. The van der Waals surface area contributed by atoms with Crippen molar-refractivity contribution >= 4 is 11.6 Å². The van der Waals surface area contributed by atoms with Crippen LogP contribution < -0.4 is 9.64 Å². The normalized spacial score (nSPS) is 14.3. The van der Waals surface area contributed by atoms with Gasteiger partial charge in [-0.05, 0) is 30.3 Å². The SMILES string of the molecule is C=CCOc1cccc(C(=O)N2CCN(c3ccccc3)CC2)c1. The van der Waals surface area contributed by atoms with E-state index in [4.69, 9.17) is 4.74 Å². The summed E-state index contributed by atoms with van der Waals surface area (Å²) in [6.45, 7) is 7.23. The number of hydrogen-bond donors (Lipinski definition) is 0. The van der Waals surface area contributed by atoms with E-state index in [1.807, 2.05) is 41.3 Å². The van der Waals surface area contributed by atoms with Crippen LogP contribution >= 0.6 is 0 Å². The first kappa shape index (κ1) is 16.1. The summed E-state index contributed by atoms with van der Waals surface area (Å²) in [6.07, 6.45) is 1.69. The van der Waals surface area contributed by atoms with Crippen molar-refractivity contribution in [2.24, 2.45) is 0 Å². The number of piperazine rings is 1. The number of hydrogen-bond acceptors (Lipinski definition) is 3. The number of rotatable bonds is 5. The minimum atomic E-state index is 0.0618. The Kier molecular flexibility index (Phi) is 5.16. The van der Waals surface area contributed by atoms with Gasteiger partial charge in [0.05, 0.1) is 0 Å². The Balaban J connectivity index is 1.62. The standard InChI is InChI=1S/C20H22N2O2/c1-2-15-24-19-10-6-7-17(16-19)20(23)22-13-11-21(12-14-22)18-8-4-3-5-9-18/h2-10,16H,1,11-15H2. The maximum atomic E-state index is 12.7. The van der Waals surface area contributed by atoms with Gasteiger partial charge in [0.15, 0.2) is 0 Å². The van der Waals surface area contributed by atoms with Crippen molar-refractivity contribution in [3.05, 3.63) is 72.8 Å². The minimum absolute atomic E-state index is 0.0618. The number of carbonyl (C=O) groups is 1. The van der Waals surface area contributed by atoms with Gasteiger partial charge in [0.25, 0.3) is 5.91 Å². The van der Waals surface area contributed by atoms with Crippen LogP contribution in [0.5, 0.6) is 5.75 Å². The summed E-state index contributed by atoms with van der Waals surface area (Å²) >= 11 is 0. The number of nitrogens with zero attached hydrogens (tertiary/aromatic N) is 2. The van der Waals surface area contributed by atoms with E-state index in [1.165, 1.54) is 5.69 Å². The molecule has 1 amide bonds. The molecule has 0 radical (unpaired) electrons. The number of para-hydroxylation sites is 1. The van der Waals surface area contributed by atoms with E-state index in [1.54, 1.807) is 12.1 Å².